The molecule has 170 valence electrons. The number of hydrogen-bond donors (Lipinski definition) is 3. The van der Waals surface area contributed by atoms with Gasteiger partial charge in [-0.1, -0.05) is 6.07 Å². The third-order valence-electron chi connectivity index (χ3n) is 6.70. The Morgan fingerprint density at radius 3 is 2.66 bits per heavy atom. The van der Waals surface area contributed by atoms with Crippen LogP contribution in [0.3, 0.4) is 0 Å². The highest BCUT2D eigenvalue weighted by atomic mass is 16.6. The van der Waals surface area contributed by atoms with Crippen molar-refractivity contribution in [3.05, 3.63) is 47.5 Å². The van der Waals surface area contributed by atoms with Gasteiger partial charge in [-0.05, 0) is 69.1 Å². The smallest absolute Gasteiger partial charge is 0.164 e. The standard InChI is InChI=1S/C25H30N2O5/c1-30-22-13-16(6-8-19(22)28)24-25(18-5-3-11-27-18)32-23-12-15(7-9-21(23)31-24)20(29)14-17-4-2-10-26-17/h6-9,12-13,17-18,24-28H,2-5,10-11,14H2,1H3. The van der Waals surface area contributed by atoms with Gasteiger partial charge < -0.3 is 30.0 Å². The highest BCUT2D eigenvalue weighted by Gasteiger charge is 2.40. The molecule has 3 aliphatic heterocycles. The third-order valence-corrected chi connectivity index (χ3v) is 6.70. The fourth-order valence-corrected chi connectivity index (χ4v) is 4.97. The molecule has 7 nitrogen and oxygen atoms in total. The average Bonchev–Trinajstić information content (AvgIpc) is 3.53. The van der Waals surface area contributed by atoms with E-state index in [1.165, 1.54) is 7.11 Å². The molecule has 5 rings (SSSR count). The van der Waals surface area contributed by atoms with Gasteiger partial charge in [0.15, 0.2) is 41.0 Å². The van der Waals surface area contributed by atoms with Crippen molar-refractivity contribution in [3.8, 4) is 23.0 Å². The van der Waals surface area contributed by atoms with Crippen molar-refractivity contribution >= 4 is 5.78 Å². The van der Waals surface area contributed by atoms with Gasteiger partial charge in [0.1, 0.15) is 0 Å². The van der Waals surface area contributed by atoms with Crippen molar-refractivity contribution in [2.24, 2.45) is 0 Å². The van der Waals surface area contributed by atoms with Gasteiger partial charge in [0.2, 0.25) is 0 Å². The SMILES string of the molecule is COc1cc(C2Oc3ccc(C(=O)CC4CCCN4)cc3OC2C2CCCN2)ccc1O. The number of methoxy groups -OCH3 is 1. The molecule has 2 fully saturated rings. The zero-order valence-corrected chi connectivity index (χ0v) is 18.3. The summed E-state index contributed by atoms with van der Waals surface area (Å²) in [4.78, 5) is 12.8. The first-order chi connectivity index (χ1) is 15.6. The van der Waals surface area contributed by atoms with Crippen LogP contribution in [0.5, 0.6) is 23.0 Å². The van der Waals surface area contributed by atoms with E-state index in [9.17, 15) is 9.90 Å². The molecular weight excluding hydrogens is 408 g/mol. The minimum Gasteiger partial charge on any atom is -0.504 e. The molecule has 0 amide bonds. The monoisotopic (exact) mass is 438 g/mol. The molecule has 0 saturated carbocycles. The van der Waals surface area contributed by atoms with E-state index in [0.717, 1.165) is 44.3 Å². The van der Waals surface area contributed by atoms with Crippen LogP contribution in [0.4, 0.5) is 0 Å². The molecule has 2 saturated heterocycles. The molecule has 7 heteroatoms. The first kappa shape index (κ1) is 21.1. The maximum Gasteiger partial charge on any atom is 0.164 e. The van der Waals surface area contributed by atoms with Crippen LogP contribution in [0.15, 0.2) is 36.4 Å². The summed E-state index contributed by atoms with van der Waals surface area (Å²) >= 11 is 0. The zero-order chi connectivity index (χ0) is 22.1. The largest absolute Gasteiger partial charge is 0.504 e. The Balaban J connectivity index is 1.43. The number of fused-ring (bicyclic) bond motifs is 1. The van der Waals surface area contributed by atoms with Gasteiger partial charge in [-0.2, -0.15) is 0 Å². The summed E-state index contributed by atoms with van der Waals surface area (Å²) in [6, 6.07) is 11.1. The number of rotatable bonds is 6. The molecule has 0 aliphatic carbocycles. The lowest BCUT2D eigenvalue weighted by atomic mass is 9.95. The van der Waals surface area contributed by atoms with E-state index in [0.29, 0.717) is 29.2 Å². The van der Waals surface area contributed by atoms with Gasteiger partial charge in [0.05, 0.1) is 7.11 Å². The summed E-state index contributed by atoms with van der Waals surface area (Å²) < 4.78 is 18.2. The number of carbonyl (C=O) groups is 1. The number of benzene rings is 2. The highest BCUT2D eigenvalue weighted by Crippen LogP contribution is 2.43. The van der Waals surface area contributed by atoms with Crippen LogP contribution in [-0.2, 0) is 0 Å². The number of ketones is 1. The van der Waals surface area contributed by atoms with Gasteiger partial charge in [-0.3, -0.25) is 4.79 Å². The summed E-state index contributed by atoms with van der Waals surface area (Å²) in [5.41, 5.74) is 1.53. The van der Waals surface area contributed by atoms with Crippen molar-refractivity contribution < 1.29 is 24.1 Å². The number of Topliss-reactive ketones (excluding diaryl/α,β-unsaturated/α-hetero) is 1. The van der Waals surface area contributed by atoms with Crippen LogP contribution in [-0.4, -0.2) is 49.3 Å². The number of aromatic hydroxyl groups is 1. The Bertz CT molecular complexity index is 982. The van der Waals surface area contributed by atoms with Gasteiger partial charge >= 0.3 is 0 Å². The van der Waals surface area contributed by atoms with Crippen molar-refractivity contribution in [2.45, 2.75) is 56.4 Å². The molecule has 2 aromatic rings. The number of nitrogens with one attached hydrogen (secondary N) is 2. The minimum absolute atomic E-state index is 0.0869. The van der Waals surface area contributed by atoms with Gasteiger partial charge in [-0.25, -0.2) is 0 Å². The fourth-order valence-electron chi connectivity index (χ4n) is 4.97. The van der Waals surface area contributed by atoms with E-state index < -0.39 is 0 Å². The van der Waals surface area contributed by atoms with Crippen LogP contribution in [0.1, 0.15) is 54.1 Å². The summed E-state index contributed by atoms with van der Waals surface area (Å²) in [7, 11) is 1.53. The van der Waals surface area contributed by atoms with Gasteiger partial charge in [0, 0.05) is 29.6 Å². The minimum atomic E-state index is -0.364. The molecule has 4 atom stereocenters. The highest BCUT2D eigenvalue weighted by molar-refractivity contribution is 5.97. The molecule has 3 aliphatic rings. The Hall–Kier alpha value is -2.77. The predicted molar refractivity (Wildman–Crippen MR) is 120 cm³/mol. The molecule has 0 bridgehead atoms. The lowest BCUT2D eigenvalue weighted by molar-refractivity contribution is 0.000799. The fraction of sp³-hybridized carbons (Fsp3) is 0.480. The maximum absolute atomic E-state index is 12.8. The lowest BCUT2D eigenvalue weighted by Gasteiger charge is -2.37. The molecule has 0 aromatic heterocycles. The molecule has 0 radical (unpaired) electrons. The molecule has 4 unspecified atom stereocenters. The number of ether oxygens (including phenoxy) is 3. The first-order valence-electron chi connectivity index (χ1n) is 11.5. The van der Waals surface area contributed by atoms with Gasteiger partial charge in [0.25, 0.3) is 0 Å². The number of phenols is 1. The Labute approximate surface area is 188 Å². The zero-order valence-electron chi connectivity index (χ0n) is 18.3. The van der Waals surface area contributed by atoms with E-state index in [4.69, 9.17) is 14.2 Å². The van der Waals surface area contributed by atoms with Gasteiger partial charge in [-0.15, -0.1) is 0 Å². The van der Waals surface area contributed by atoms with Crippen molar-refractivity contribution in [1.29, 1.82) is 0 Å². The van der Waals surface area contributed by atoms with Crippen LogP contribution in [0, 0.1) is 0 Å². The van der Waals surface area contributed by atoms with Crippen LogP contribution >= 0.6 is 0 Å². The topological polar surface area (TPSA) is 89.1 Å². The van der Waals surface area contributed by atoms with Crippen LogP contribution in [0.25, 0.3) is 0 Å². The Kier molecular flexibility index (Phi) is 5.93. The van der Waals surface area contributed by atoms with E-state index in [1.807, 2.05) is 24.3 Å². The van der Waals surface area contributed by atoms with E-state index in [1.54, 1.807) is 12.1 Å². The van der Waals surface area contributed by atoms with E-state index in [2.05, 4.69) is 10.6 Å². The van der Waals surface area contributed by atoms with Crippen LogP contribution in [0.2, 0.25) is 0 Å². The summed E-state index contributed by atoms with van der Waals surface area (Å²) in [5, 5.41) is 16.9. The second-order valence-electron chi connectivity index (χ2n) is 8.84. The number of carbonyl (C=O) groups excluding carboxylic acids is 1. The number of phenolic OH excluding ortho intramolecular Hbond substituents is 1. The molecule has 2 aromatic carbocycles. The average molecular weight is 439 g/mol. The first-order valence-corrected chi connectivity index (χ1v) is 11.5. The normalized spacial score (nSPS) is 26.8. The second kappa shape index (κ2) is 9.00. The van der Waals surface area contributed by atoms with Crippen molar-refractivity contribution in [2.75, 3.05) is 20.2 Å². The molecule has 32 heavy (non-hydrogen) atoms. The lowest BCUT2D eigenvalue weighted by Crippen LogP contribution is -2.46. The Morgan fingerprint density at radius 2 is 1.91 bits per heavy atom. The molecule has 3 N–H and O–H groups in total. The van der Waals surface area contributed by atoms with Crippen LogP contribution < -0.4 is 24.8 Å². The van der Waals surface area contributed by atoms with Crippen molar-refractivity contribution in [1.82, 2.24) is 10.6 Å². The molecular formula is C25H30N2O5. The Morgan fingerprint density at radius 1 is 1.06 bits per heavy atom. The van der Waals surface area contributed by atoms with E-state index >= 15 is 0 Å². The number of hydrogen-bond acceptors (Lipinski definition) is 7. The quantitative estimate of drug-likeness (QED) is 0.596. The summed E-state index contributed by atoms with van der Waals surface area (Å²) in [6.07, 6.45) is 4.11. The summed E-state index contributed by atoms with van der Waals surface area (Å²) in [6.45, 7) is 1.93. The maximum atomic E-state index is 12.8. The summed E-state index contributed by atoms with van der Waals surface area (Å²) in [5.74, 6) is 1.83. The van der Waals surface area contributed by atoms with Crippen molar-refractivity contribution in [3.63, 3.8) is 0 Å². The molecule has 3 heterocycles. The third kappa shape index (κ3) is 4.14. The van der Waals surface area contributed by atoms with E-state index in [-0.39, 0.29) is 35.8 Å². The molecule has 0 spiro atoms. The predicted octanol–water partition coefficient (Wildman–Crippen LogP) is 3.36. The second-order valence-corrected chi connectivity index (χ2v) is 8.84.